The summed E-state index contributed by atoms with van der Waals surface area (Å²) in [5, 5.41) is 0. The fourth-order valence-electron chi connectivity index (χ4n) is 2.88. The quantitative estimate of drug-likeness (QED) is 0.463. The lowest BCUT2D eigenvalue weighted by Gasteiger charge is -2.08. The smallest absolute Gasteiger partial charge is 0.416 e. The molecule has 0 bridgehead atoms. The fraction of sp³-hybridized carbons (Fsp3) is 0.0952. The van der Waals surface area contributed by atoms with Gasteiger partial charge in [0.2, 0.25) is 0 Å². The lowest BCUT2D eigenvalue weighted by atomic mass is 10.0. The number of nitrogens with zero attached hydrogens (tertiary/aromatic N) is 1. The molecule has 3 aromatic carbocycles. The van der Waals surface area contributed by atoms with Gasteiger partial charge in [-0.05, 0) is 59.7 Å². The van der Waals surface area contributed by atoms with Crippen molar-refractivity contribution in [3.63, 3.8) is 0 Å². The number of nitrogen functional groups attached to an aromatic ring is 1. The Labute approximate surface area is 158 Å². The number of halogens is 3. The fourth-order valence-corrected chi connectivity index (χ4v) is 2.88. The monoisotopic (exact) mass is 383 g/mol. The van der Waals surface area contributed by atoms with E-state index in [1.165, 1.54) is 12.1 Å². The molecule has 1 aromatic heterocycles. The van der Waals surface area contributed by atoms with Gasteiger partial charge in [-0.15, -0.1) is 0 Å². The number of hydrogen-bond donors (Lipinski definition) is 2. The minimum atomic E-state index is -4.36. The van der Waals surface area contributed by atoms with Crippen LogP contribution in [-0.4, -0.2) is 9.97 Å². The molecule has 0 unspecified atom stereocenters. The van der Waals surface area contributed by atoms with Crippen LogP contribution >= 0.6 is 0 Å². The average Bonchev–Trinajstić information content (AvgIpc) is 3.09. The molecule has 0 saturated heterocycles. The van der Waals surface area contributed by atoms with E-state index in [1.54, 1.807) is 0 Å². The number of aromatic amines is 1. The molecular formula is C21H16F3N3O. The molecule has 4 nitrogen and oxygen atoms in total. The van der Waals surface area contributed by atoms with Gasteiger partial charge in [0.1, 0.15) is 18.2 Å². The van der Waals surface area contributed by atoms with E-state index in [2.05, 4.69) is 9.97 Å². The molecule has 0 aliphatic heterocycles. The SMILES string of the molecule is Nc1ccc(-c2ccc3nc(COc4ccc(C(F)(F)F)cc4)[nH]c3c2)cc1. The van der Waals surface area contributed by atoms with Gasteiger partial charge in [0, 0.05) is 5.69 Å². The number of imidazole rings is 1. The molecule has 0 aliphatic carbocycles. The van der Waals surface area contributed by atoms with Gasteiger partial charge < -0.3 is 15.5 Å². The zero-order chi connectivity index (χ0) is 19.7. The number of aromatic nitrogens is 2. The number of benzene rings is 3. The summed E-state index contributed by atoms with van der Waals surface area (Å²) in [6, 6.07) is 18.0. The van der Waals surface area contributed by atoms with Gasteiger partial charge in [-0.1, -0.05) is 18.2 Å². The number of H-pyrrole nitrogens is 1. The second-order valence-electron chi connectivity index (χ2n) is 6.35. The van der Waals surface area contributed by atoms with E-state index in [-0.39, 0.29) is 6.61 Å². The molecule has 0 fully saturated rings. The number of ether oxygens (including phenoxy) is 1. The number of hydrogen-bond acceptors (Lipinski definition) is 3. The first kappa shape index (κ1) is 17.9. The third-order valence-corrected chi connectivity index (χ3v) is 4.33. The topological polar surface area (TPSA) is 63.9 Å². The molecule has 0 amide bonds. The van der Waals surface area contributed by atoms with Crippen LogP contribution in [0.2, 0.25) is 0 Å². The molecule has 142 valence electrons. The van der Waals surface area contributed by atoms with Crippen LogP contribution in [0.15, 0.2) is 66.7 Å². The zero-order valence-electron chi connectivity index (χ0n) is 14.6. The van der Waals surface area contributed by atoms with E-state index in [0.29, 0.717) is 17.3 Å². The first-order valence-electron chi connectivity index (χ1n) is 8.53. The van der Waals surface area contributed by atoms with Crippen molar-refractivity contribution >= 4 is 16.7 Å². The Kier molecular flexibility index (Phi) is 4.43. The maximum absolute atomic E-state index is 12.6. The van der Waals surface area contributed by atoms with Crippen LogP contribution in [0, 0.1) is 0 Å². The number of fused-ring (bicyclic) bond motifs is 1. The highest BCUT2D eigenvalue weighted by atomic mass is 19.4. The van der Waals surface area contributed by atoms with E-state index < -0.39 is 11.7 Å². The Morgan fingerprint density at radius 1 is 0.893 bits per heavy atom. The normalized spacial score (nSPS) is 11.7. The van der Waals surface area contributed by atoms with Crippen molar-refractivity contribution in [3.05, 3.63) is 78.1 Å². The zero-order valence-corrected chi connectivity index (χ0v) is 14.6. The van der Waals surface area contributed by atoms with Crippen LogP contribution in [-0.2, 0) is 12.8 Å². The number of nitrogens with one attached hydrogen (secondary N) is 1. The first-order chi connectivity index (χ1) is 13.4. The van der Waals surface area contributed by atoms with E-state index in [9.17, 15) is 13.2 Å². The Balaban J connectivity index is 1.49. The second kappa shape index (κ2) is 6.92. The largest absolute Gasteiger partial charge is 0.486 e. The Morgan fingerprint density at radius 2 is 1.57 bits per heavy atom. The minimum absolute atomic E-state index is 0.122. The molecule has 1 heterocycles. The predicted octanol–water partition coefficient (Wildman–Crippen LogP) is 5.41. The summed E-state index contributed by atoms with van der Waals surface area (Å²) in [6.45, 7) is 0.122. The van der Waals surface area contributed by atoms with Gasteiger partial charge in [-0.2, -0.15) is 13.2 Å². The van der Waals surface area contributed by atoms with Crippen molar-refractivity contribution in [1.82, 2.24) is 9.97 Å². The number of nitrogens with two attached hydrogens (primary N) is 1. The van der Waals surface area contributed by atoms with Gasteiger partial charge in [-0.25, -0.2) is 4.98 Å². The van der Waals surface area contributed by atoms with Crippen LogP contribution < -0.4 is 10.5 Å². The number of rotatable bonds is 4. The van der Waals surface area contributed by atoms with Crippen LogP contribution in [0.4, 0.5) is 18.9 Å². The van der Waals surface area contributed by atoms with Crippen LogP contribution in [0.5, 0.6) is 5.75 Å². The molecule has 7 heteroatoms. The number of alkyl halides is 3. The summed E-state index contributed by atoms with van der Waals surface area (Å²) in [5.41, 5.74) is 9.40. The third-order valence-electron chi connectivity index (χ3n) is 4.33. The maximum Gasteiger partial charge on any atom is 0.416 e. The molecule has 0 aliphatic rings. The van der Waals surface area contributed by atoms with Crippen LogP contribution in [0.3, 0.4) is 0 Å². The molecule has 4 rings (SSSR count). The van der Waals surface area contributed by atoms with E-state index in [0.717, 1.165) is 34.3 Å². The van der Waals surface area contributed by atoms with Gasteiger partial charge in [0.15, 0.2) is 0 Å². The van der Waals surface area contributed by atoms with Crippen molar-refractivity contribution in [3.8, 4) is 16.9 Å². The van der Waals surface area contributed by atoms with Gasteiger partial charge in [-0.3, -0.25) is 0 Å². The van der Waals surface area contributed by atoms with Gasteiger partial charge in [0.25, 0.3) is 0 Å². The summed E-state index contributed by atoms with van der Waals surface area (Å²) < 4.78 is 43.3. The summed E-state index contributed by atoms with van der Waals surface area (Å²) in [7, 11) is 0. The molecule has 0 spiro atoms. The summed E-state index contributed by atoms with van der Waals surface area (Å²) >= 11 is 0. The first-order valence-corrected chi connectivity index (χ1v) is 8.53. The minimum Gasteiger partial charge on any atom is -0.486 e. The van der Waals surface area contributed by atoms with Gasteiger partial charge in [0.05, 0.1) is 16.6 Å². The lowest BCUT2D eigenvalue weighted by Crippen LogP contribution is -2.04. The molecule has 3 N–H and O–H groups in total. The second-order valence-corrected chi connectivity index (χ2v) is 6.35. The molecule has 0 atom stereocenters. The van der Waals surface area contributed by atoms with Crippen LogP contribution in [0.25, 0.3) is 22.2 Å². The molecule has 28 heavy (non-hydrogen) atoms. The van der Waals surface area contributed by atoms with Crippen molar-refractivity contribution in [1.29, 1.82) is 0 Å². The van der Waals surface area contributed by atoms with Crippen molar-refractivity contribution in [2.45, 2.75) is 12.8 Å². The molecule has 4 aromatic rings. The highest BCUT2D eigenvalue weighted by Crippen LogP contribution is 2.30. The summed E-state index contributed by atoms with van der Waals surface area (Å²) in [6.07, 6.45) is -4.36. The number of anilines is 1. The standard InChI is InChI=1S/C21H16F3N3O/c22-21(23,24)15-4-8-17(9-5-15)28-12-20-26-18-10-3-14(11-19(18)27-20)13-1-6-16(25)7-2-13/h1-11H,12,25H2,(H,26,27). The van der Waals surface area contributed by atoms with Crippen molar-refractivity contribution in [2.75, 3.05) is 5.73 Å². The molecule has 0 saturated carbocycles. The third kappa shape index (κ3) is 3.78. The van der Waals surface area contributed by atoms with E-state index in [4.69, 9.17) is 10.5 Å². The summed E-state index contributed by atoms with van der Waals surface area (Å²) in [5.74, 6) is 0.931. The molecule has 0 radical (unpaired) electrons. The Morgan fingerprint density at radius 3 is 2.25 bits per heavy atom. The summed E-state index contributed by atoms with van der Waals surface area (Å²) in [4.78, 5) is 7.64. The maximum atomic E-state index is 12.6. The lowest BCUT2D eigenvalue weighted by molar-refractivity contribution is -0.137. The van der Waals surface area contributed by atoms with Crippen molar-refractivity contribution in [2.24, 2.45) is 0 Å². The van der Waals surface area contributed by atoms with Gasteiger partial charge >= 0.3 is 6.18 Å². The van der Waals surface area contributed by atoms with E-state index in [1.807, 2.05) is 42.5 Å². The van der Waals surface area contributed by atoms with E-state index >= 15 is 0 Å². The predicted molar refractivity (Wildman–Crippen MR) is 102 cm³/mol. The highest BCUT2D eigenvalue weighted by molar-refractivity contribution is 5.82. The average molecular weight is 383 g/mol. The highest BCUT2D eigenvalue weighted by Gasteiger charge is 2.30. The van der Waals surface area contributed by atoms with Crippen LogP contribution in [0.1, 0.15) is 11.4 Å². The Hall–Kier alpha value is -3.48. The molecular weight excluding hydrogens is 367 g/mol. The van der Waals surface area contributed by atoms with Crippen molar-refractivity contribution < 1.29 is 17.9 Å². The Bertz CT molecular complexity index is 1100.